The highest BCUT2D eigenvalue weighted by Crippen LogP contribution is 2.24. The van der Waals surface area contributed by atoms with Crippen LogP contribution in [0.5, 0.6) is 0 Å². The average molecular weight is 390 g/mol. The first-order chi connectivity index (χ1) is 13.8. The highest BCUT2D eigenvalue weighted by atomic mass is 16.5. The third kappa shape index (κ3) is 9.36. The van der Waals surface area contributed by atoms with Crippen molar-refractivity contribution in [2.24, 2.45) is 5.92 Å². The third-order valence-corrected chi connectivity index (χ3v) is 6.02. The molecule has 0 amide bonds. The maximum Gasteiger partial charge on any atom is 0.132 e. The van der Waals surface area contributed by atoms with Crippen molar-refractivity contribution in [2.75, 3.05) is 31.2 Å². The minimum Gasteiger partial charge on any atom is -0.378 e. The summed E-state index contributed by atoms with van der Waals surface area (Å²) in [5.41, 5.74) is 1.20. The molecule has 0 spiro atoms. The molecule has 1 saturated heterocycles. The Morgan fingerprint density at radius 2 is 1.50 bits per heavy atom. The number of nitrogens with zero attached hydrogens (tertiary/aromatic N) is 3. The number of hydrogen-bond donors (Lipinski definition) is 0. The maximum absolute atomic E-state index is 5.44. The summed E-state index contributed by atoms with van der Waals surface area (Å²) in [5, 5.41) is 0. The Kier molecular flexibility index (Phi) is 12.2. The molecule has 1 fully saturated rings. The van der Waals surface area contributed by atoms with Crippen molar-refractivity contribution >= 4 is 5.82 Å². The zero-order chi connectivity index (χ0) is 19.9. The first kappa shape index (κ1) is 23.1. The molecule has 1 aliphatic rings. The van der Waals surface area contributed by atoms with Crippen LogP contribution in [0.3, 0.4) is 0 Å². The van der Waals surface area contributed by atoms with Crippen molar-refractivity contribution in [3.05, 3.63) is 18.1 Å². The third-order valence-electron chi connectivity index (χ3n) is 6.02. The van der Waals surface area contributed by atoms with Crippen molar-refractivity contribution in [3.8, 4) is 0 Å². The van der Waals surface area contributed by atoms with E-state index in [4.69, 9.17) is 4.74 Å². The molecule has 0 radical (unpaired) electrons. The molecule has 0 bridgehead atoms. The van der Waals surface area contributed by atoms with Gasteiger partial charge in [0.25, 0.3) is 0 Å². The molecule has 0 aromatic carbocycles. The van der Waals surface area contributed by atoms with Crippen LogP contribution in [-0.4, -0.2) is 36.3 Å². The van der Waals surface area contributed by atoms with Crippen LogP contribution < -0.4 is 4.90 Å². The van der Waals surface area contributed by atoms with Crippen molar-refractivity contribution < 1.29 is 4.74 Å². The van der Waals surface area contributed by atoms with Gasteiger partial charge in [-0.1, -0.05) is 84.5 Å². The van der Waals surface area contributed by atoms with E-state index in [0.717, 1.165) is 44.5 Å². The molecular weight excluding hydrogens is 346 g/mol. The van der Waals surface area contributed by atoms with E-state index in [1.54, 1.807) is 6.33 Å². The predicted molar refractivity (Wildman–Crippen MR) is 119 cm³/mol. The lowest BCUT2D eigenvalue weighted by Gasteiger charge is -2.27. The number of ether oxygens (including phenoxy) is 1. The first-order valence-corrected chi connectivity index (χ1v) is 12.0. The smallest absolute Gasteiger partial charge is 0.132 e. The number of unbranched alkanes of at least 4 members (excludes halogenated alkanes) is 6. The fourth-order valence-corrected chi connectivity index (χ4v) is 4.20. The molecule has 2 rings (SSSR count). The Morgan fingerprint density at radius 3 is 2.21 bits per heavy atom. The van der Waals surface area contributed by atoms with E-state index in [1.807, 2.05) is 0 Å². The summed E-state index contributed by atoms with van der Waals surface area (Å²) >= 11 is 0. The quantitative estimate of drug-likeness (QED) is 0.335. The summed E-state index contributed by atoms with van der Waals surface area (Å²) in [6.45, 7) is 8.09. The fourth-order valence-electron chi connectivity index (χ4n) is 4.20. The molecule has 28 heavy (non-hydrogen) atoms. The van der Waals surface area contributed by atoms with Gasteiger partial charge in [0, 0.05) is 24.8 Å². The second kappa shape index (κ2) is 14.8. The highest BCUT2D eigenvalue weighted by molar-refractivity contribution is 5.39. The Balaban J connectivity index is 1.70. The molecule has 0 N–H and O–H groups in total. The second-order valence-corrected chi connectivity index (χ2v) is 8.42. The van der Waals surface area contributed by atoms with Crippen LogP contribution in [0.4, 0.5) is 5.82 Å². The van der Waals surface area contributed by atoms with Crippen LogP contribution in [0.25, 0.3) is 0 Å². The lowest BCUT2D eigenvalue weighted by atomic mass is 9.90. The van der Waals surface area contributed by atoms with Gasteiger partial charge in [-0.2, -0.15) is 0 Å². The minimum atomic E-state index is 0.803. The molecule has 160 valence electrons. The lowest BCUT2D eigenvalue weighted by Crippen LogP contribution is -2.36. The fraction of sp³-hybridized carbons (Fsp3) is 0.833. The lowest BCUT2D eigenvalue weighted by molar-refractivity contribution is 0.122. The Morgan fingerprint density at radius 1 is 0.857 bits per heavy atom. The van der Waals surface area contributed by atoms with Crippen molar-refractivity contribution in [1.29, 1.82) is 0 Å². The normalized spacial score (nSPS) is 15.7. The monoisotopic (exact) mass is 389 g/mol. The van der Waals surface area contributed by atoms with Gasteiger partial charge in [-0.3, -0.25) is 0 Å². The molecule has 0 saturated carbocycles. The van der Waals surface area contributed by atoms with E-state index in [-0.39, 0.29) is 0 Å². The molecule has 4 heteroatoms. The SMILES string of the molecule is CCCCCCC(CCCCC)CCCCc1cc(N2CCOCC2)ncn1. The standard InChI is InChI=1S/C24H43N3O/c1-3-5-7-9-13-22(12-8-6-4-2)14-10-11-15-23-20-24(26-21-25-23)27-16-18-28-19-17-27/h20-22H,3-19H2,1-2H3. The summed E-state index contributed by atoms with van der Waals surface area (Å²) in [4.78, 5) is 11.3. The van der Waals surface area contributed by atoms with Crippen molar-refractivity contribution in [2.45, 2.75) is 97.3 Å². The molecular formula is C24H43N3O. The van der Waals surface area contributed by atoms with Gasteiger partial charge in [-0.05, 0) is 18.8 Å². The topological polar surface area (TPSA) is 38.2 Å². The van der Waals surface area contributed by atoms with E-state index in [9.17, 15) is 0 Å². The molecule has 1 aromatic heterocycles. The molecule has 1 aromatic rings. The zero-order valence-corrected chi connectivity index (χ0v) is 18.5. The van der Waals surface area contributed by atoms with E-state index >= 15 is 0 Å². The van der Waals surface area contributed by atoms with Crippen molar-refractivity contribution in [3.63, 3.8) is 0 Å². The first-order valence-electron chi connectivity index (χ1n) is 12.0. The Bertz CT molecular complexity index is 502. The number of hydrogen-bond acceptors (Lipinski definition) is 4. The largest absolute Gasteiger partial charge is 0.378 e. The van der Waals surface area contributed by atoms with Gasteiger partial charge in [-0.25, -0.2) is 9.97 Å². The van der Waals surface area contributed by atoms with Crippen molar-refractivity contribution in [1.82, 2.24) is 9.97 Å². The van der Waals surface area contributed by atoms with Gasteiger partial charge in [0.15, 0.2) is 0 Å². The number of anilines is 1. The van der Waals surface area contributed by atoms with Gasteiger partial charge >= 0.3 is 0 Å². The minimum absolute atomic E-state index is 0.803. The molecule has 1 atom stereocenters. The zero-order valence-electron chi connectivity index (χ0n) is 18.5. The van der Waals surface area contributed by atoms with E-state index in [2.05, 4.69) is 34.8 Å². The molecule has 2 heterocycles. The molecule has 4 nitrogen and oxygen atoms in total. The summed E-state index contributed by atoms with van der Waals surface area (Å²) in [6, 6.07) is 2.19. The van der Waals surface area contributed by atoms with Gasteiger partial charge < -0.3 is 9.64 Å². The number of aryl methyl sites for hydroxylation is 1. The Hall–Kier alpha value is -1.16. The summed E-state index contributed by atoms with van der Waals surface area (Å²) < 4.78 is 5.44. The van der Waals surface area contributed by atoms with Crippen LogP contribution in [0, 0.1) is 5.92 Å². The van der Waals surface area contributed by atoms with Crippen LogP contribution in [0.1, 0.15) is 96.6 Å². The number of morpholine rings is 1. The number of rotatable bonds is 15. The van der Waals surface area contributed by atoms with Crippen LogP contribution >= 0.6 is 0 Å². The predicted octanol–water partition coefficient (Wildman–Crippen LogP) is 6.19. The average Bonchev–Trinajstić information content (AvgIpc) is 2.74. The summed E-state index contributed by atoms with van der Waals surface area (Å²) in [6.07, 6.45) is 19.4. The maximum atomic E-state index is 5.44. The van der Waals surface area contributed by atoms with Crippen LogP contribution in [0.15, 0.2) is 12.4 Å². The summed E-state index contributed by atoms with van der Waals surface area (Å²) in [5.74, 6) is 2.01. The van der Waals surface area contributed by atoms with Gasteiger partial charge in [0.05, 0.1) is 13.2 Å². The van der Waals surface area contributed by atoms with Crippen LogP contribution in [0.2, 0.25) is 0 Å². The molecule has 1 unspecified atom stereocenters. The van der Waals surface area contributed by atoms with Gasteiger partial charge in [0.2, 0.25) is 0 Å². The molecule has 0 aliphatic carbocycles. The Labute approximate surface area is 173 Å². The summed E-state index contributed by atoms with van der Waals surface area (Å²) in [7, 11) is 0. The van der Waals surface area contributed by atoms with E-state index < -0.39 is 0 Å². The molecule has 1 aliphatic heterocycles. The van der Waals surface area contributed by atoms with Crippen LogP contribution in [-0.2, 0) is 11.2 Å². The number of aromatic nitrogens is 2. The second-order valence-electron chi connectivity index (χ2n) is 8.42. The van der Waals surface area contributed by atoms with Gasteiger partial charge in [-0.15, -0.1) is 0 Å². The van der Waals surface area contributed by atoms with E-state index in [0.29, 0.717) is 0 Å². The highest BCUT2D eigenvalue weighted by Gasteiger charge is 2.13. The van der Waals surface area contributed by atoms with E-state index in [1.165, 1.54) is 82.7 Å². The van der Waals surface area contributed by atoms with Gasteiger partial charge in [0.1, 0.15) is 12.1 Å².